The van der Waals surface area contributed by atoms with E-state index in [0.29, 0.717) is 25.7 Å². The summed E-state index contributed by atoms with van der Waals surface area (Å²) < 4.78 is 5.17. The van der Waals surface area contributed by atoms with Gasteiger partial charge in [-0.1, -0.05) is 25.7 Å². The number of ether oxygens (including phenoxy) is 1. The van der Waals surface area contributed by atoms with E-state index in [1.807, 2.05) is 0 Å². The average molecular weight is 282 g/mol. The van der Waals surface area contributed by atoms with Crippen LogP contribution in [0.5, 0.6) is 0 Å². The van der Waals surface area contributed by atoms with Crippen LogP contribution in [0.2, 0.25) is 0 Å². The number of esters is 1. The SMILES string of the molecule is CCOC(=O)C1(CC2(O)CCCCC2)CCCCC1=O. The molecule has 0 aromatic carbocycles. The van der Waals surface area contributed by atoms with Crippen molar-refractivity contribution in [3.63, 3.8) is 0 Å². The van der Waals surface area contributed by atoms with Gasteiger partial charge in [-0.25, -0.2) is 0 Å². The quantitative estimate of drug-likeness (QED) is 0.636. The molecule has 0 saturated heterocycles. The predicted molar refractivity (Wildman–Crippen MR) is 75.2 cm³/mol. The Balaban J connectivity index is 2.21. The van der Waals surface area contributed by atoms with Gasteiger partial charge in [-0.2, -0.15) is 0 Å². The van der Waals surface area contributed by atoms with Crippen LogP contribution in [0.4, 0.5) is 0 Å². The number of ketones is 1. The lowest BCUT2D eigenvalue weighted by atomic mass is 9.64. The Bertz CT molecular complexity index is 371. The lowest BCUT2D eigenvalue weighted by Crippen LogP contribution is -2.49. The first kappa shape index (κ1) is 15.5. The number of aliphatic hydroxyl groups is 1. The van der Waals surface area contributed by atoms with Crippen LogP contribution in [0.25, 0.3) is 0 Å². The van der Waals surface area contributed by atoms with Crippen molar-refractivity contribution in [2.24, 2.45) is 5.41 Å². The Hall–Kier alpha value is -0.900. The molecule has 0 spiro atoms. The second-order valence-electron chi connectivity index (χ2n) is 6.39. The molecule has 0 heterocycles. The van der Waals surface area contributed by atoms with Gasteiger partial charge in [-0.05, 0) is 39.0 Å². The van der Waals surface area contributed by atoms with E-state index in [0.717, 1.165) is 32.1 Å². The monoisotopic (exact) mass is 282 g/mol. The second kappa shape index (κ2) is 6.25. The van der Waals surface area contributed by atoms with Crippen LogP contribution in [-0.4, -0.2) is 29.1 Å². The van der Waals surface area contributed by atoms with E-state index in [-0.39, 0.29) is 18.8 Å². The molecule has 2 fully saturated rings. The smallest absolute Gasteiger partial charge is 0.319 e. The minimum atomic E-state index is -1.08. The fourth-order valence-electron chi connectivity index (χ4n) is 3.78. The van der Waals surface area contributed by atoms with Gasteiger partial charge in [0, 0.05) is 6.42 Å². The van der Waals surface area contributed by atoms with Crippen LogP contribution in [0.3, 0.4) is 0 Å². The van der Waals surface area contributed by atoms with Crippen LogP contribution < -0.4 is 0 Å². The van der Waals surface area contributed by atoms with E-state index in [1.165, 1.54) is 0 Å². The molecule has 0 radical (unpaired) electrons. The van der Waals surface area contributed by atoms with Crippen molar-refractivity contribution in [3.05, 3.63) is 0 Å². The molecule has 2 saturated carbocycles. The van der Waals surface area contributed by atoms with Gasteiger partial charge in [0.15, 0.2) is 0 Å². The zero-order valence-corrected chi connectivity index (χ0v) is 12.5. The number of carbonyl (C=O) groups excluding carboxylic acids is 2. The van der Waals surface area contributed by atoms with Crippen molar-refractivity contribution in [1.29, 1.82) is 0 Å². The van der Waals surface area contributed by atoms with Gasteiger partial charge >= 0.3 is 5.97 Å². The lowest BCUT2D eigenvalue weighted by Gasteiger charge is -2.41. The normalized spacial score (nSPS) is 30.0. The fourth-order valence-corrected chi connectivity index (χ4v) is 3.78. The number of carbonyl (C=O) groups is 2. The highest BCUT2D eigenvalue weighted by Crippen LogP contribution is 2.45. The summed E-state index contributed by atoms with van der Waals surface area (Å²) in [6.45, 7) is 2.04. The van der Waals surface area contributed by atoms with Gasteiger partial charge in [0.1, 0.15) is 11.2 Å². The van der Waals surface area contributed by atoms with Crippen molar-refractivity contribution in [2.75, 3.05) is 6.61 Å². The summed E-state index contributed by atoms with van der Waals surface area (Å²) >= 11 is 0. The second-order valence-corrected chi connectivity index (χ2v) is 6.39. The third kappa shape index (κ3) is 3.05. The summed E-state index contributed by atoms with van der Waals surface area (Å²) in [5, 5.41) is 10.8. The predicted octanol–water partition coefficient (Wildman–Crippen LogP) is 2.76. The van der Waals surface area contributed by atoms with Gasteiger partial charge < -0.3 is 9.84 Å². The maximum Gasteiger partial charge on any atom is 0.319 e. The Kier molecular flexibility index (Phi) is 4.84. The standard InChI is InChI=1S/C16H26O4/c1-2-20-14(18)16(11-7-4-8-13(16)17)12-15(19)9-5-3-6-10-15/h19H,2-12H2,1H3. The average Bonchev–Trinajstić information content (AvgIpc) is 2.42. The van der Waals surface area contributed by atoms with Gasteiger partial charge in [0.2, 0.25) is 0 Å². The molecule has 2 aliphatic carbocycles. The molecular formula is C16H26O4. The van der Waals surface area contributed by atoms with E-state index in [1.54, 1.807) is 6.92 Å². The number of hydrogen-bond donors (Lipinski definition) is 1. The largest absolute Gasteiger partial charge is 0.465 e. The molecule has 114 valence electrons. The van der Waals surface area contributed by atoms with Crippen molar-refractivity contribution in [2.45, 2.75) is 76.7 Å². The topological polar surface area (TPSA) is 63.6 Å². The number of rotatable bonds is 4. The Morgan fingerprint density at radius 1 is 1.15 bits per heavy atom. The fraction of sp³-hybridized carbons (Fsp3) is 0.875. The zero-order chi connectivity index (χ0) is 14.6. The molecule has 0 aromatic heterocycles. The highest BCUT2D eigenvalue weighted by molar-refractivity contribution is 6.04. The van der Waals surface area contributed by atoms with E-state index >= 15 is 0 Å². The minimum absolute atomic E-state index is 0.0267. The van der Waals surface area contributed by atoms with E-state index in [4.69, 9.17) is 4.74 Å². The van der Waals surface area contributed by atoms with Crippen molar-refractivity contribution in [1.82, 2.24) is 0 Å². The first-order valence-corrected chi connectivity index (χ1v) is 7.95. The van der Waals surface area contributed by atoms with Gasteiger partial charge in [-0.3, -0.25) is 9.59 Å². The van der Waals surface area contributed by atoms with E-state index in [2.05, 4.69) is 0 Å². The number of hydrogen-bond acceptors (Lipinski definition) is 4. The molecule has 0 aromatic rings. The molecule has 2 rings (SSSR count). The highest BCUT2D eigenvalue weighted by Gasteiger charge is 2.52. The summed E-state index contributed by atoms with van der Waals surface area (Å²) in [7, 11) is 0. The summed E-state index contributed by atoms with van der Waals surface area (Å²) in [5.74, 6) is -0.440. The van der Waals surface area contributed by atoms with Gasteiger partial charge in [-0.15, -0.1) is 0 Å². The molecule has 0 aliphatic heterocycles. The van der Waals surface area contributed by atoms with Crippen LogP contribution in [-0.2, 0) is 14.3 Å². The lowest BCUT2D eigenvalue weighted by molar-refractivity contribution is -0.168. The van der Waals surface area contributed by atoms with E-state index in [9.17, 15) is 14.7 Å². The summed E-state index contributed by atoms with van der Waals surface area (Å²) in [6.07, 6.45) is 7.41. The zero-order valence-electron chi connectivity index (χ0n) is 12.5. The summed E-state index contributed by atoms with van der Waals surface area (Å²) in [4.78, 5) is 24.8. The maximum absolute atomic E-state index is 12.4. The minimum Gasteiger partial charge on any atom is -0.465 e. The van der Waals surface area contributed by atoms with Crippen molar-refractivity contribution >= 4 is 11.8 Å². The Labute approximate surface area is 120 Å². The molecule has 1 N–H and O–H groups in total. The summed E-state index contributed by atoms with van der Waals surface area (Å²) in [6, 6.07) is 0. The Morgan fingerprint density at radius 3 is 2.40 bits per heavy atom. The first-order valence-electron chi connectivity index (χ1n) is 7.95. The molecular weight excluding hydrogens is 256 g/mol. The van der Waals surface area contributed by atoms with Crippen LogP contribution in [0, 0.1) is 5.41 Å². The van der Waals surface area contributed by atoms with Crippen LogP contribution in [0.15, 0.2) is 0 Å². The third-order valence-corrected chi connectivity index (χ3v) is 4.87. The Morgan fingerprint density at radius 2 is 1.80 bits per heavy atom. The van der Waals surface area contributed by atoms with Crippen LogP contribution in [0.1, 0.15) is 71.1 Å². The summed E-state index contributed by atoms with van der Waals surface area (Å²) in [5.41, 5.74) is -1.95. The van der Waals surface area contributed by atoms with Gasteiger partial charge in [0.05, 0.1) is 12.2 Å². The number of Topliss-reactive ketones (excluding diaryl/α,β-unsaturated/α-hetero) is 1. The third-order valence-electron chi connectivity index (χ3n) is 4.87. The molecule has 0 bridgehead atoms. The maximum atomic E-state index is 12.4. The highest BCUT2D eigenvalue weighted by atomic mass is 16.5. The van der Waals surface area contributed by atoms with Crippen molar-refractivity contribution in [3.8, 4) is 0 Å². The molecule has 2 aliphatic rings. The molecule has 4 nitrogen and oxygen atoms in total. The van der Waals surface area contributed by atoms with Crippen LogP contribution >= 0.6 is 0 Å². The first-order chi connectivity index (χ1) is 9.52. The van der Waals surface area contributed by atoms with Gasteiger partial charge in [0.25, 0.3) is 0 Å². The molecule has 1 unspecified atom stereocenters. The molecule has 20 heavy (non-hydrogen) atoms. The van der Waals surface area contributed by atoms with E-state index < -0.39 is 17.0 Å². The molecule has 4 heteroatoms. The van der Waals surface area contributed by atoms with Crippen molar-refractivity contribution < 1.29 is 19.4 Å². The molecule has 0 amide bonds. The molecule has 1 atom stereocenters.